The van der Waals surface area contributed by atoms with Crippen molar-refractivity contribution in [3.8, 4) is 5.88 Å². The zero-order chi connectivity index (χ0) is 11.5. The fraction of sp³-hybridized carbons (Fsp3) is 0.500. The highest BCUT2D eigenvalue weighted by Gasteiger charge is 2.11. The maximum atomic E-state index is 5.71. The van der Waals surface area contributed by atoms with Gasteiger partial charge >= 0.3 is 0 Å². The first-order valence-corrected chi connectivity index (χ1v) is 5.66. The predicted molar refractivity (Wildman–Crippen MR) is 63.6 cm³/mol. The standard InChI is InChI=1S/C12H17N3O/c1-4-9-5-13-11-10(9)12(15-7-14-11)16-6-8(2)3/h5,7-8H,4,6H2,1-3H3,(H,13,14,15). The Balaban J connectivity index is 2.39. The Labute approximate surface area is 95.1 Å². The smallest absolute Gasteiger partial charge is 0.226 e. The Kier molecular flexibility index (Phi) is 3.08. The minimum absolute atomic E-state index is 0.494. The molecule has 1 N–H and O–H groups in total. The van der Waals surface area contributed by atoms with Crippen molar-refractivity contribution in [2.24, 2.45) is 5.92 Å². The molecule has 2 aromatic heterocycles. The summed E-state index contributed by atoms with van der Waals surface area (Å²) in [5, 5.41) is 1.02. The summed E-state index contributed by atoms with van der Waals surface area (Å²) in [6, 6.07) is 0. The SMILES string of the molecule is CCc1c[nH]c2ncnc(OCC(C)C)c12. The third-order valence-electron chi connectivity index (χ3n) is 2.45. The lowest BCUT2D eigenvalue weighted by molar-refractivity contribution is 0.264. The second-order valence-electron chi connectivity index (χ2n) is 4.27. The highest BCUT2D eigenvalue weighted by molar-refractivity contribution is 5.84. The molecule has 0 radical (unpaired) electrons. The van der Waals surface area contributed by atoms with Gasteiger partial charge in [-0.2, -0.15) is 0 Å². The molecule has 0 saturated carbocycles. The van der Waals surface area contributed by atoms with E-state index < -0.39 is 0 Å². The summed E-state index contributed by atoms with van der Waals surface area (Å²) in [6.07, 6.45) is 4.46. The summed E-state index contributed by atoms with van der Waals surface area (Å²) in [5.41, 5.74) is 2.06. The van der Waals surface area contributed by atoms with Gasteiger partial charge in [0.1, 0.15) is 12.0 Å². The van der Waals surface area contributed by atoms with Crippen LogP contribution in [0.1, 0.15) is 26.3 Å². The van der Waals surface area contributed by atoms with Crippen molar-refractivity contribution in [3.63, 3.8) is 0 Å². The first-order valence-electron chi connectivity index (χ1n) is 5.66. The van der Waals surface area contributed by atoms with Crippen molar-refractivity contribution < 1.29 is 4.74 Å². The Morgan fingerprint density at radius 1 is 1.38 bits per heavy atom. The number of hydrogen-bond donors (Lipinski definition) is 1. The fourth-order valence-corrected chi connectivity index (χ4v) is 1.63. The molecule has 0 bridgehead atoms. The second-order valence-corrected chi connectivity index (χ2v) is 4.27. The van der Waals surface area contributed by atoms with E-state index in [1.54, 1.807) is 0 Å². The third kappa shape index (κ3) is 2.01. The van der Waals surface area contributed by atoms with Gasteiger partial charge < -0.3 is 9.72 Å². The number of nitrogens with one attached hydrogen (secondary N) is 1. The summed E-state index contributed by atoms with van der Waals surface area (Å²) < 4.78 is 5.71. The molecule has 0 unspecified atom stereocenters. The van der Waals surface area contributed by atoms with Crippen LogP contribution in [-0.2, 0) is 6.42 Å². The van der Waals surface area contributed by atoms with Gasteiger partial charge in [-0.25, -0.2) is 9.97 Å². The average molecular weight is 219 g/mol. The Hall–Kier alpha value is -1.58. The topological polar surface area (TPSA) is 50.8 Å². The minimum atomic E-state index is 0.494. The molecule has 0 saturated heterocycles. The molecule has 2 aromatic rings. The van der Waals surface area contributed by atoms with Gasteiger partial charge in [-0.1, -0.05) is 20.8 Å². The van der Waals surface area contributed by atoms with E-state index in [9.17, 15) is 0 Å². The quantitative estimate of drug-likeness (QED) is 0.859. The van der Waals surface area contributed by atoms with Crippen LogP contribution in [0.5, 0.6) is 5.88 Å². The lowest BCUT2D eigenvalue weighted by Gasteiger charge is -2.08. The van der Waals surface area contributed by atoms with Crippen LogP contribution in [0.15, 0.2) is 12.5 Å². The summed E-state index contributed by atoms with van der Waals surface area (Å²) in [4.78, 5) is 11.5. The molecule has 0 aliphatic carbocycles. The summed E-state index contributed by atoms with van der Waals surface area (Å²) in [5.74, 6) is 1.19. The minimum Gasteiger partial charge on any atom is -0.477 e. The van der Waals surface area contributed by atoms with Crippen LogP contribution in [0, 0.1) is 5.92 Å². The van der Waals surface area contributed by atoms with Crippen LogP contribution in [0.3, 0.4) is 0 Å². The molecule has 0 aliphatic rings. The van der Waals surface area contributed by atoms with Crippen molar-refractivity contribution in [3.05, 3.63) is 18.1 Å². The van der Waals surface area contributed by atoms with Gasteiger partial charge in [0, 0.05) is 6.20 Å². The van der Waals surface area contributed by atoms with Crippen molar-refractivity contribution in [2.45, 2.75) is 27.2 Å². The highest BCUT2D eigenvalue weighted by Crippen LogP contribution is 2.25. The van der Waals surface area contributed by atoms with E-state index in [2.05, 4.69) is 35.7 Å². The number of aromatic amines is 1. The number of aromatic nitrogens is 3. The lowest BCUT2D eigenvalue weighted by atomic mass is 10.2. The number of aryl methyl sites for hydroxylation is 1. The maximum Gasteiger partial charge on any atom is 0.226 e. The molecule has 0 amide bonds. The number of rotatable bonds is 4. The van der Waals surface area contributed by atoms with E-state index in [4.69, 9.17) is 4.74 Å². The van der Waals surface area contributed by atoms with Gasteiger partial charge in [0.2, 0.25) is 5.88 Å². The van der Waals surface area contributed by atoms with Crippen molar-refractivity contribution in [2.75, 3.05) is 6.61 Å². The molecule has 0 aromatic carbocycles. The van der Waals surface area contributed by atoms with Crippen LogP contribution in [0.25, 0.3) is 11.0 Å². The number of nitrogens with zero attached hydrogens (tertiary/aromatic N) is 2. The molecule has 4 nitrogen and oxygen atoms in total. The van der Waals surface area contributed by atoms with Crippen LogP contribution in [0.4, 0.5) is 0 Å². The van der Waals surface area contributed by atoms with Gasteiger partial charge in [0.15, 0.2) is 0 Å². The maximum absolute atomic E-state index is 5.71. The fourth-order valence-electron chi connectivity index (χ4n) is 1.63. The molecule has 4 heteroatoms. The molecule has 0 atom stereocenters. The van der Waals surface area contributed by atoms with Gasteiger partial charge in [0.05, 0.1) is 12.0 Å². The van der Waals surface area contributed by atoms with Crippen molar-refractivity contribution in [1.82, 2.24) is 15.0 Å². The van der Waals surface area contributed by atoms with Crippen LogP contribution >= 0.6 is 0 Å². The van der Waals surface area contributed by atoms with Gasteiger partial charge in [-0.15, -0.1) is 0 Å². The molecule has 86 valence electrons. The molecular formula is C12H17N3O. The van der Waals surface area contributed by atoms with Crippen LogP contribution < -0.4 is 4.74 Å². The van der Waals surface area contributed by atoms with E-state index >= 15 is 0 Å². The van der Waals surface area contributed by atoms with Gasteiger partial charge in [-0.05, 0) is 17.9 Å². The summed E-state index contributed by atoms with van der Waals surface area (Å²) >= 11 is 0. The number of hydrogen-bond acceptors (Lipinski definition) is 3. The number of fused-ring (bicyclic) bond motifs is 1. The van der Waals surface area contributed by atoms with Crippen LogP contribution in [-0.4, -0.2) is 21.6 Å². The molecule has 0 aliphatic heterocycles. The highest BCUT2D eigenvalue weighted by atomic mass is 16.5. The zero-order valence-electron chi connectivity index (χ0n) is 9.95. The van der Waals surface area contributed by atoms with E-state index in [0.29, 0.717) is 18.4 Å². The normalized spacial score (nSPS) is 11.2. The van der Waals surface area contributed by atoms with Crippen molar-refractivity contribution >= 4 is 11.0 Å². The Bertz CT molecular complexity index is 476. The van der Waals surface area contributed by atoms with Gasteiger partial charge in [-0.3, -0.25) is 0 Å². The molecule has 0 fully saturated rings. The lowest BCUT2D eigenvalue weighted by Crippen LogP contribution is -2.06. The van der Waals surface area contributed by atoms with Crippen LogP contribution in [0.2, 0.25) is 0 Å². The van der Waals surface area contributed by atoms with E-state index in [1.807, 2.05) is 6.20 Å². The molecule has 0 spiro atoms. The zero-order valence-corrected chi connectivity index (χ0v) is 9.95. The number of ether oxygens (including phenoxy) is 1. The van der Waals surface area contributed by atoms with E-state index in [-0.39, 0.29) is 0 Å². The van der Waals surface area contributed by atoms with Crippen molar-refractivity contribution in [1.29, 1.82) is 0 Å². The monoisotopic (exact) mass is 219 g/mol. The second kappa shape index (κ2) is 4.51. The summed E-state index contributed by atoms with van der Waals surface area (Å²) in [7, 11) is 0. The number of H-pyrrole nitrogens is 1. The third-order valence-corrected chi connectivity index (χ3v) is 2.45. The Morgan fingerprint density at radius 2 is 2.19 bits per heavy atom. The molecular weight excluding hydrogens is 202 g/mol. The molecule has 2 rings (SSSR count). The first-order chi connectivity index (χ1) is 7.72. The Morgan fingerprint density at radius 3 is 2.88 bits per heavy atom. The van der Waals surface area contributed by atoms with E-state index in [0.717, 1.165) is 17.5 Å². The van der Waals surface area contributed by atoms with E-state index in [1.165, 1.54) is 11.9 Å². The van der Waals surface area contributed by atoms with Gasteiger partial charge in [0.25, 0.3) is 0 Å². The summed E-state index contributed by atoms with van der Waals surface area (Å²) in [6.45, 7) is 7.04. The largest absolute Gasteiger partial charge is 0.477 e. The average Bonchev–Trinajstić information content (AvgIpc) is 2.69. The molecule has 16 heavy (non-hydrogen) atoms. The predicted octanol–water partition coefficient (Wildman–Crippen LogP) is 2.56. The first kappa shape index (κ1) is 10.9. The molecule has 2 heterocycles.